The first-order valence-electron chi connectivity index (χ1n) is 5.60. The minimum atomic E-state index is -0.166. The molecule has 0 fully saturated rings. The molecule has 1 amide bonds. The SMILES string of the molecule is Cc1cc(N)ccc1NC(=O)c1cc(Br)ccc1Br. The van der Waals surface area contributed by atoms with Gasteiger partial charge in [-0.15, -0.1) is 0 Å². The predicted molar refractivity (Wildman–Crippen MR) is 85.4 cm³/mol. The lowest BCUT2D eigenvalue weighted by Gasteiger charge is -2.10. The van der Waals surface area contributed by atoms with Gasteiger partial charge in [0, 0.05) is 20.3 Å². The molecule has 0 saturated heterocycles. The van der Waals surface area contributed by atoms with E-state index < -0.39 is 0 Å². The molecule has 0 radical (unpaired) electrons. The Labute approximate surface area is 128 Å². The van der Waals surface area contributed by atoms with Gasteiger partial charge in [-0.25, -0.2) is 0 Å². The van der Waals surface area contributed by atoms with Crippen molar-refractivity contribution >= 4 is 49.1 Å². The van der Waals surface area contributed by atoms with Gasteiger partial charge in [0.1, 0.15) is 0 Å². The van der Waals surface area contributed by atoms with Crippen LogP contribution in [-0.4, -0.2) is 5.91 Å². The van der Waals surface area contributed by atoms with Crippen molar-refractivity contribution in [1.29, 1.82) is 0 Å². The summed E-state index contributed by atoms with van der Waals surface area (Å²) in [6.07, 6.45) is 0. The molecule has 0 aliphatic rings. The van der Waals surface area contributed by atoms with E-state index in [1.807, 2.05) is 25.1 Å². The fraction of sp³-hybridized carbons (Fsp3) is 0.0714. The average molecular weight is 384 g/mol. The van der Waals surface area contributed by atoms with Gasteiger partial charge in [0.2, 0.25) is 0 Å². The maximum Gasteiger partial charge on any atom is 0.256 e. The van der Waals surface area contributed by atoms with Crippen LogP contribution < -0.4 is 11.1 Å². The van der Waals surface area contributed by atoms with Crippen LogP contribution in [0.3, 0.4) is 0 Å². The molecule has 98 valence electrons. The summed E-state index contributed by atoms with van der Waals surface area (Å²) in [4.78, 5) is 12.2. The monoisotopic (exact) mass is 382 g/mol. The molecule has 3 N–H and O–H groups in total. The van der Waals surface area contributed by atoms with Crippen LogP contribution in [0.15, 0.2) is 45.3 Å². The molecular weight excluding hydrogens is 372 g/mol. The predicted octanol–water partition coefficient (Wildman–Crippen LogP) is 4.35. The smallest absolute Gasteiger partial charge is 0.256 e. The summed E-state index contributed by atoms with van der Waals surface area (Å²) in [5.74, 6) is -0.166. The van der Waals surface area contributed by atoms with Gasteiger partial charge in [-0.05, 0) is 64.8 Å². The Morgan fingerprint density at radius 3 is 2.58 bits per heavy atom. The van der Waals surface area contributed by atoms with Crippen molar-refractivity contribution in [3.63, 3.8) is 0 Å². The number of carbonyl (C=O) groups excluding carboxylic acids is 1. The molecule has 2 aromatic rings. The molecule has 0 saturated carbocycles. The standard InChI is InChI=1S/C14H12Br2N2O/c1-8-6-10(17)3-5-13(8)18-14(19)11-7-9(15)2-4-12(11)16/h2-7H,17H2,1H3,(H,18,19). The van der Waals surface area contributed by atoms with Crippen molar-refractivity contribution in [2.24, 2.45) is 0 Å². The summed E-state index contributed by atoms with van der Waals surface area (Å²) in [5, 5.41) is 2.88. The second kappa shape index (κ2) is 5.75. The third kappa shape index (κ3) is 3.36. The van der Waals surface area contributed by atoms with E-state index in [1.165, 1.54) is 0 Å². The number of rotatable bonds is 2. The highest BCUT2D eigenvalue weighted by molar-refractivity contribution is 9.11. The van der Waals surface area contributed by atoms with E-state index in [4.69, 9.17) is 5.73 Å². The molecule has 0 aromatic heterocycles. The summed E-state index contributed by atoms with van der Waals surface area (Å²) in [7, 11) is 0. The molecule has 3 nitrogen and oxygen atoms in total. The first kappa shape index (κ1) is 14.1. The topological polar surface area (TPSA) is 55.1 Å². The molecule has 5 heteroatoms. The number of benzene rings is 2. The third-order valence-electron chi connectivity index (χ3n) is 2.67. The molecule has 0 aliphatic carbocycles. The number of halogens is 2. The van der Waals surface area contributed by atoms with Crippen molar-refractivity contribution in [2.75, 3.05) is 11.1 Å². The van der Waals surface area contributed by atoms with Crippen molar-refractivity contribution < 1.29 is 4.79 Å². The van der Waals surface area contributed by atoms with Crippen molar-refractivity contribution in [2.45, 2.75) is 6.92 Å². The van der Waals surface area contributed by atoms with E-state index in [0.717, 1.165) is 20.2 Å². The highest BCUT2D eigenvalue weighted by Crippen LogP contribution is 2.24. The maximum atomic E-state index is 12.2. The van der Waals surface area contributed by atoms with Crippen LogP contribution in [0, 0.1) is 6.92 Å². The van der Waals surface area contributed by atoms with Crippen LogP contribution in [-0.2, 0) is 0 Å². The number of nitrogens with two attached hydrogens (primary N) is 1. The van der Waals surface area contributed by atoms with Gasteiger partial charge < -0.3 is 11.1 Å². The zero-order chi connectivity index (χ0) is 14.0. The van der Waals surface area contributed by atoms with E-state index >= 15 is 0 Å². The highest BCUT2D eigenvalue weighted by Gasteiger charge is 2.11. The van der Waals surface area contributed by atoms with Gasteiger partial charge in [-0.1, -0.05) is 15.9 Å². The first-order valence-corrected chi connectivity index (χ1v) is 7.18. The molecule has 0 spiro atoms. The summed E-state index contributed by atoms with van der Waals surface area (Å²) >= 11 is 6.73. The Morgan fingerprint density at radius 2 is 1.89 bits per heavy atom. The largest absolute Gasteiger partial charge is 0.399 e. The second-order valence-corrected chi connectivity index (χ2v) is 5.92. The van der Waals surface area contributed by atoms with Crippen LogP contribution in [0.2, 0.25) is 0 Å². The van der Waals surface area contributed by atoms with Crippen molar-refractivity contribution in [3.05, 3.63) is 56.5 Å². The van der Waals surface area contributed by atoms with E-state index in [0.29, 0.717) is 11.3 Å². The van der Waals surface area contributed by atoms with Gasteiger partial charge in [-0.2, -0.15) is 0 Å². The van der Waals surface area contributed by atoms with E-state index in [2.05, 4.69) is 37.2 Å². The number of aryl methyl sites for hydroxylation is 1. The van der Waals surface area contributed by atoms with E-state index in [-0.39, 0.29) is 5.91 Å². The summed E-state index contributed by atoms with van der Waals surface area (Å²) in [6, 6.07) is 10.9. The highest BCUT2D eigenvalue weighted by atomic mass is 79.9. The number of amides is 1. The average Bonchev–Trinajstić information content (AvgIpc) is 2.35. The minimum absolute atomic E-state index is 0.166. The van der Waals surface area contributed by atoms with E-state index in [9.17, 15) is 4.79 Å². The normalized spacial score (nSPS) is 10.3. The van der Waals surface area contributed by atoms with Crippen molar-refractivity contribution in [3.8, 4) is 0 Å². The number of nitrogens with one attached hydrogen (secondary N) is 1. The Bertz CT molecular complexity index is 641. The number of carbonyl (C=O) groups is 1. The lowest BCUT2D eigenvalue weighted by atomic mass is 10.1. The molecule has 0 heterocycles. The van der Waals surface area contributed by atoms with Gasteiger partial charge in [0.25, 0.3) is 5.91 Å². The lowest BCUT2D eigenvalue weighted by Crippen LogP contribution is -2.13. The van der Waals surface area contributed by atoms with Gasteiger partial charge in [0.05, 0.1) is 5.56 Å². The quantitative estimate of drug-likeness (QED) is 0.757. The van der Waals surface area contributed by atoms with Gasteiger partial charge >= 0.3 is 0 Å². The molecule has 2 aromatic carbocycles. The Kier molecular flexibility index (Phi) is 4.27. The fourth-order valence-corrected chi connectivity index (χ4v) is 2.48. The van der Waals surface area contributed by atoms with Crippen LogP contribution in [0.1, 0.15) is 15.9 Å². The van der Waals surface area contributed by atoms with Crippen LogP contribution in [0.5, 0.6) is 0 Å². The van der Waals surface area contributed by atoms with Crippen LogP contribution >= 0.6 is 31.9 Å². The number of nitrogen functional groups attached to an aromatic ring is 1. The molecule has 0 unspecified atom stereocenters. The molecule has 0 bridgehead atoms. The zero-order valence-electron chi connectivity index (χ0n) is 10.2. The minimum Gasteiger partial charge on any atom is -0.399 e. The molecule has 2 rings (SSSR count). The summed E-state index contributed by atoms with van der Waals surface area (Å²) in [5.41, 5.74) is 8.63. The molecule has 0 aliphatic heterocycles. The van der Waals surface area contributed by atoms with Crippen LogP contribution in [0.25, 0.3) is 0 Å². The lowest BCUT2D eigenvalue weighted by molar-refractivity contribution is 0.102. The number of anilines is 2. The van der Waals surface area contributed by atoms with Crippen LogP contribution in [0.4, 0.5) is 11.4 Å². The van der Waals surface area contributed by atoms with Gasteiger partial charge in [0.15, 0.2) is 0 Å². The zero-order valence-corrected chi connectivity index (χ0v) is 13.4. The Morgan fingerprint density at radius 1 is 1.16 bits per heavy atom. The molecule has 19 heavy (non-hydrogen) atoms. The molecule has 0 atom stereocenters. The Hall–Kier alpha value is -1.33. The maximum absolute atomic E-state index is 12.2. The number of hydrogen-bond acceptors (Lipinski definition) is 2. The van der Waals surface area contributed by atoms with Gasteiger partial charge in [-0.3, -0.25) is 4.79 Å². The van der Waals surface area contributed by atoms with Crippen molar-refractivity contribution in [1.82, 2.24) is 0 Å². The first-order chi connectivity index (χ1) is 8.97. The Balaban J connectivity index is 2.28. The summed E-state index contributed by atoms with van der Waals surface area (Å²) < 4.78 is 1.61. The fourth-order valence-electron chi connectivity index (χ4n) is 1.69. The third-order valence-corrected chi connectivity index (χ3v) is 3.86. The summed E-state index contributed by atoms with van der Waals surface area (Å²) in [6.45, 7) is 1.90. The number of hydrogen-bond donors (Lipinski definition) is 2. The second-order valence-electron chi connectivity index (χ2n) is 4.15. The van der Waals surface area contributed by atoms with E-state index in [1.54, 1.807) is 18.2 Å². The molecular formula is C14H12Br2N2O.